The molecule has 1 fully saturated rings. The zero-order chi connectivity index (χ0) is 22.3. The molecule has 0 aromatic heterocycles. The summed E-state index contributed by atoms with van der Waals surface area (Å²) in [5, 5.41) is 0.646. The van der Waals surface area contributed by atoms with E-state index < -0.39 is 0 Å². The van der Waals surface area contributed by atoms with Gasteiger partial charge in [0.05, 0.1) is 6.42 Å². The molecule has 1 aliphatic heterocycles. The van der Waals surface area contributed by atoms with Crippen LogP contribution in [-0.2, 0) is 17.8 Å². The minimum absolute atomic E-state index is 0.0734. The van der Waals surface area contributed by atoms with Crippen LogP contribution in [0.4, 0.5) is 4.39 Å². The average molecular weight is 454 g/mol. The van der Waals surface area contributed by atoms with Crippen molar-refractivity contribution in [3.8, 4) is 11.5 Å². The molecule has 0 atom stereocenters. The van der Waals surface area contributed by atoms with Gasteiger partial charge in [0.2, 0.25) is 5.91 Å². The minimum atomic E-state index is -0.271. The monoisotopic (exact) mass is 453 g/mol. The molecule has 0 aliphatic carbocycles. The van der Waals surface area contributed by atoms with Gasteiger partial charge in [-0.15, -0.1) is 0 Å². The van der Waals surface area contributed by atoms with Gasteiger partial charge in [-0.05, 0) is 59.7 Å². The molecule has 0 N–H and O–H groups in total. The second kappa shape index (κ2) is 10.5. The highest BCUT2D eigenvalue weighted by Gasteiger charge is 2.24. The van der Waals surface area contributed by atoms with E-state index in [1.807, 2.05) is 53.4 Å². The molecule has 4 rings (SSSR count). The third-order valence-corrected chi connectivity index (χ3v) is 5.70. The Labute approximate surface area is 192 Å². The summed E-state index contributed by atoms with van der Waals surface area (Å²) in [6.07, 6.45) is 2.02. The second-order valence-electron chi connectivity index (χ2n) is 7.89. The number of hydrogen-bond acceptors (Lipinski definition) is 3. The van der Waals surface area contributed by atoms with Crippen LogP contribution in [0.1, 0.15) is 24.0 Å². The minimum Gasteiger partial charge on any atom is -0.490 e. The van der Waals surface area contributed by atoms with Crippen LogP contribution < -0.4 is 9.47 Å². The van der Waals surface area contributed by atoms with Crippen molar-refractivity contribution in [2.24, 2.45) is 0 Å². The van der Waals surface area contributed by atoms with E-state index in [1.54, 1.807) is 12.1 Å². The SMILES string of the molecule is O=C(Cc1cccc(Cl)c1)N1CCC(Oc2ccc(OCc3cccc(F)c3)cc2)CC1. The summed E-state index contributed by atoms with van der Waals surface area (Å²) >= 11 is 6.01. The number of piperidine rings is 1. The second-order valence-corrected chi connectivity index (χ2v) is 8.33. The van der Waals surface area contributed by atoms with Crippen LogP contribution in [0.2, 0.25) is 5.02 Å². The molecule has 0 unspecified atom stereocenters. The van der Waals surface area contributed by atoms with Crippen molar-refractivity contribution in [2.75, 3.05) is 13.1 Å². The van der Waals surface area contributed by atoms with Gasteiger partial charge < -0.3 is 14.4 Å². The van der Waals surface area contributed by atoms with Gasteiger partial charge in [-0.2, -0.15) is 0 Å². The number of nitrogens with zero attached hydrogens (tertiary/aromatic N) is 1. The Kier molecular flexibility index (Phi) is 7.28. The van der Waals surface area contributed by atoms with Gasteiger partial charge >= 0.3 is 0 Å². The Morgan fingerprint density at radius 3 is 2.34 bits per heavy atom. The Bertz CT molecular complexity index is 1050. The fourth-order valence-electron chi connectivity index (χ4n) is 3.76. The van der Waals surface area contributed by atoms with E-state index in [9.17, 15) is 9.18 Å². The zero-order valence-electron chi connectivity index (χ0n) is 17.7. The van der Waals surface area contributed by atoms with Gasteiger partial charge in [-0.25, -0.2) is 4.39 Å². The molecule has 0 radical (unpaired) electrons. The molecular weight excluding hydrogens is 429 g/mol. The fraction of sp³-hybridized carbons (Fsp3) is 0.269. The maximum Gasteiger partial charge on any atom is 0.226 e. The molecule has 1 amide bonds. The normalized spacial score (nSPS) is 14.2. The van der Waals surface area contributed by atoms with Crippen LogP contribution in [0.25, 0.3) is 0 Å². The highest BCUT2D eigenvalue weighted by molar-refractivity contribution is 6.30. The summed E-state index contributed by atoms with van der Waals surface area (Å²) in [4.78, 5) is 14.5. The number of carbonyl (C=O) groups is 1. The summed E-state index contributed by atoms with van der Waals surface area (Å²) in [6, 6.07) is 21.2. The molecule has 32 heavy (non-hydrogen) atoms. The molecule has 6 heteroatoms. The highest BCUT2D eigenvalue weighted by Crippen LogP contribution is 2.23. The first kappa shape index (κ1) is 22.2. The summed E-state index contributed by atoms with van der Waals surface area (Å²) in [5.41, 5.74) is 1.71. The molecule has 1 saturated heterocycles. The molecule has 3 aromatic rings. The smallest absolute Gasteiger partial charge is 0.226 e. The number of rotatable bonds is 7. The maximum atomic E-state index is 13.3. The molecular formula is C26H25ClFNO3. The first-order valence-electron chi connectivity index (χ1n) is 10.7. The lowest BCUT2D eigenvalue weighted by molar-refractivity contribution is -0.132. The molecule has 4 nitrogen and oxygen atoms in total. The molecule has 0 spiro atoms. The molecule has 3 aromatic carbocycles. The number of carbonyl (C=O) groups excluding carboxylic acids is 1. The third-order valence-electron chi connectivity index (χ3n) is 5.46. The lowest BCUT2D eigenvalue weighted by atomic mass is 10.1. The Hall–Kier alpha value is -3.05. The zero-order valence-corrected chi connectivity index (χ0v) is 18.4. The van der Waals surface area contributed by atoms with Gasteiger partial charge in [0.25, 0.3) is 0 Å². The van der Waals surface area contributed by atoms with Crippen LogP contribution >= 0.6 is 11.6 Å². The van der Waals surface area contributed by atoms with E-state index in [1.165, 1.54) is 12.1 Å². The number of halogens is 2. The van der Waals surface area contributed by atoms with Gasteiger partial charge in [0, 0.05) is 31.0 Å². The molecule has 1 heterocycles. The number of hydrogen-bond donors (Lipinski definition) is 0. The quantitative estimate of drug-likeness (QED) is 0.462. The first-order valence-corrected chi connectivity index (χ1v) is 11.1. The van der Waals surface area contributed by atoms with Crippen molar-refractivity contribution in [2.45, 2.75) is 32.0 Å². The Balaban J connectivity index is 1.22. The largest absolute Gasteiger partial charge is 0.490 e. The first-order chi connectivity index (χ1) is 15.5. The van der Waals surface area contributed by atoms with E-state index in [0.717, 1.165) is 29.7 Å². The van der Waals surface area contributed by atoms with Crippen LogP contribution in [0, 0.1) is 5.82 Å². The Morgan fingerprint density at radius 2 is 1.62 bits per heavy atom. The lowest BCUT2D eigenvalue weighted by Crippen LogP contribution is -2.42. The van der Waals surface area contributed by atoms with Crippen LogP contribution in [0.15, 0.2) is 72.8 Å². The van der Waals surface area contributed by atoms with Gasteiger partial charge in [-0.1, -0.05) is 35.9 Å². The summed E-state index contributed by atoms with van der Waals surface area (Å²) in [5.74, 6) is 1.31. The van der Waals surface area contributed by atoms with Crippen LogP contribution in [0.5, 0.6) is 11.5 Å². The van der Waals surface area contributed by atoms with E-state index in [-0.39, 0.29) is 17.8 Å². The number of ether oxygens (including phenoxy) is 2. The average Bonchev–Trinajstić information content (AvgIpc) is 2.79. The summed E-state index contributed by atoms with van der Waals surface area (Å²) < 4.78 is 25.1. The lowest BCUT2D eigenvalue weighted by Gasteiger charge is -2.32. The Morgan fingerprint density at radius 1 is 0.938 bits per heavy atom. The fourth-order valence-corrected chi connectivity index (χ4v) is 3.97. The van der Waals surface area contributed by atoms with Crippen LogP contribution in [-0.4, -0.2) is 30.0 Å². The van der Waals surface area contributed by atoms with Crippen molar-refractivity contribution in [3.05, 3.63) is 94.8 Å². The predicted octanol–water partition coefficient (Wildman–Crippen LogP) is 5.67. The molecule has 0 saturated carbocycles. The number of benzene rings is 3. The number of amides is 1. The van der Waals surface area contributed by atoms with E-state index >= 15 is 0 Å². The highest BCUT2D eigenvalue weighted by atomic mass is 35.5. The summed E-state index contributed by atoms with van der Waals surface area (Å²) in [7, 11) is 0. The summed E-state index contributed by atoms with van der Waals surface area (Å²) in [6.45, 7) is 1.66. The van der Waals surface area contributed by atoms with E-state index in [2.05, 4.69) is 0 Å². The molecule has 166 valence electrons. The van der Waals surface area contributed by atoms with Gasteiger partial charge in [0.1, 0.15) is 30.0 Å². The van der Waals surface area contributed by atoms with Gasteiger partial charge in [0.15, 0.2) is 0 Å². The van der Waals surface area contributed by atoms with Crippen molar-refractivity contribution in [1.29, 1.82) is 0 Å². The van der Waals surface area contributed by atoms with Crippen molar-refractivity contribution >= 4 is 17.5 Å². The van der Waals surface area contributed by atoms with Gasteiger partial charge in [-0.3, -0.25) is 4.79 Å². The van der Waals surface area contributed by atoms with Crippen molar-refractivity contribution in [1.82, 2.24) is 4.90 Å². The number of likely N-dealkylation sites (tertiary alicyclic amines) is 1. The van der Waals surface area contributed by atoms with E-state index in [4.69, 9.17) is 21.1 Å². The van der Waals surface area contributed by atoms with Crippen molar-refractivity contribution in [3.63, 3.8) is 0 Å². The molecule has 0 bridgehead atoms. The molecule has 1 aliphatic rings. The third kappa shape index (κ3) is 6.24. The van der Waals surface area contributed by atoms with E-state index in [0.29, 0.717) is 36.9 Å². The predicted molar refractivity (Wildman–Crippen MR) is 123 cm³/mol. The maximum absolute atomic E-state index is 13.3. The van der Waals surface area contributed by atoms with Crippen LogP contribution in [0.3, 0.4) is 0 Å². The standard InChI is InChI=1S/C26H25ClFNO3/c27-21-5-1-3-19(15-21)17-26(30)29-13-11-25(12-14-29)32-24-9-7-23(8-10-24)31-18-20-4-2-6-22(28)16-20/h1-10,15-16,25H,11-14,17-18H2. The van der Waals surface area contributed by atoms with Crippen molar-refractivity contribution < 1.29 is 18.7 Å². The topological polar surface area (TPSA) is 38.8 Å².